The monoisotopic (exact) mass is 280 g/mol. The normalized spacial score (nSPS) is 13.1. The summed E-state index contributed by atoms with van der Waals surface area (Å²) in [4.78, 5) is 0. The van der Waals surface area contributed by atoms with Crippen molar-refractivity contribution in [3.8, 4) is 0 Å². The summed E-state index contributed by atoms with van der Waals surface area (Å²) in [5, 5.41) is 0. The van der Waals surface area contributed by atoms with E-state index in [-0.39, 0.29) is 16.3 Å². The van der Waals surface area contributed by atoms with Gasteiger partial charge in [-0.2, -0.15) is 0 Å². The zero-order valence-electron chi connectivity index (χ0n) is 12.7. The lowest BCUT2D eigenvalue weighted by molar-refractivity contribution is 0.142. The van der Waals surface area contributed by atoms with Crippen LogP contribution in [0.4, 0.5) is 0 Å². The maximum atomic E-state index is 5.95. The van der Waals surface area contributed by atoms with Gasteiger partial charge in [0.25, 0.3) is 0 Å². The maximum Gasteiger partial charge on any atom is 0.154 e. The second-order valence-electron chi connectivity index (χ2n) is 5.47. The van der Waals surface area contributed by atoms with Gasteiger partial charge in [0.05, 0.1) is 0 Å². The van der Waals surface area contributed by atoms with Crippen molar-refractivity contribution in [1.82, 2.24) is 0 Å². The molecular weight excluding hydrogens is 250 g/mol. The molecule has 17 heavy (non-hydrogen) atoms. The first-order chi connectivity index (χ1) is 7.77. The Bertz CT molecular complexity index is 158. The molecule has 2 nitrogen and oxygen atoms in total. The minimum Gasteiger partial charge on any atom is -0.332 e. The average Bonchev–Trinajstić information content (AvgIpc) is 2.14. The van der Waals surface area contributed by atoms with E-state index in [0.717, 1.165) is 0 Å². The van der Waals surface area contributed by atoms with Crippen LogP contribution in [0.3, 0.4) is 0 Å². The Kier molecular flexibility index (Phi) is 9.21. The number of rotatable bonds is 8. The van der Waals surface area contributed by atoms with Crippen molar-refractivity contribution in [2.24, 2.45) is 0 Å². The lowest BCUT2D eigenvalue weighted by atomic mass is 10.5. The maximum absolute atomic E-state index is 5.95. The van der Waals surface area contributed by atoms with Crippen molar-refractivity contribution in [2.75, 3.05) is 6.79 Å². The summed E-state index contributed by atoms with van der Waals surface area (Å²) < 4.78 is 11.9. The Morgan fingerprint density at radius 3 is 1.00 bits per heavy atom. The molecule has 0 aromatic carbocycles. The van der Waals surface area contributed by atoms with Crippen LogP contribution >= 0.6 is 16.3 Å². The van der Waals surface area contributed by atoms with Crippen molar-refractivity contribution >= 4 is 16.3 Å². The second kappa shape index (κ2) is 8.81. The largest absolute Gasteiger partial charge is 0.332 e. The van der Waals surface area contributed by atoms with Gasteiger partial charge in [0.1, 0.15) is 0 Å². The summed E-state index contributed by atoms with van der Waals surface area (Å²) in [6, 6.07) is 0. The van der Waals surface area contributed by atoms with E-state index < -0.39 is 0 Å². The quantitative estimate of drug-likeness (QED) is 0.437. The van der Waals surface area contributed by atoms with E-state index in [1.165, 1.54) is 0 Å². The molecule has 0 rings (SSSR count). The number of hydrogen-bond donors (Lipinski definition) is 0. The highest BCUT2D eigenvalue weighted by atomic mass is 31.1. The summed E-state index contributed by atoms with van der Waals surface area (Å²) >= 11 is 0. The molecule has 4 heteroatoms. The fourth-order valence-corrected chi connectivity index (χ4v) is 5.94. The van der Waals surface area contributed by atoms with Gasteiger partial charge in [-0.15, -0.1) is 0 Å². The Morgan fingerprint density at radius 2 is 0.824 bits per heavy atom. The van der Waals surface area contributed by atoms with E-state index in [1.54, 1.807) is 0 Å². The molecule has 0 saturated heterocycles. The summed E-state index contributed by atoms with van der Waals surface area (Å²) in [5.74, 6) is 0. The van der Waals surface area contributed by atoms with Crippen LogP contribution in [0.2, 0.25) is 0 Å². The molecule has 0 saturated carbocycles. The van der Waals surface area contributed by atoms with E-state index in [0.29, 0.717) is 29.4 Å². The van der Waals surface area contributed by atoms with Crippen molar-refractivity contribution in [2.45, 2.75) is 78.0 Å². The molecule has 0 aliphatic carbocycles. The van der Waals surface area contributed by atoms with Gasteiger partial charge in [0.15, 0.2) is 6.79 Å². The third-order valence-corrected chi connectivity index (χ3v) is 7.32. The first-order valence-corrected chi connectivity index (χ1v) is 9.39. The Balaban J connectivity index is 4.10. The first-order valence-electron chi connectivity index (χ1n) is 6.59. The van der Waals surface area contributed by atoms with Crippen molar-refractivity contribution in [3.05, 3.63) is 0 Å². The Labute approximate surface area is 111 Å². The first kappa shape index (κ1) is 17.8. The van der Waals surface area contributed by atoms with Gasteiger partial charge in [0, 0.05) is 16.3 Å². The predicted octanol–water partition coefficient (Wildman–Crippen LogP) is 5.40. The zero-order chi connectivity index (χ0) is 13.6. The van der Waals surface area contributed by atoms with E-state index in [1.807, 2.05) is 0 Å². The van der Waals surface area contributed by atoms with E-state index >= 15 is 0 Å². The van der Waals surface area contributed by atoms with Crippen molar-refractivity contribution in [3.63, 3.8) is 0 Å². The van der Waals surface area contributed by atoms with Crippen LogP contribution in [0.25, 0.3) is 0 Å². The standard InChI is InChI=1S/C13H30O2P2/c1-10(2)16(11(3)4)14-9-15-17(12(5)6)13(7)8/h10-13H,9H2,1-8H3. The average molecular weight is 280 g/mol. The van der Waals surface area contributed by atoms with Crippen LogP contribution in [0, 0.1) is 0 Å². The van der Waals surface area contributed by atoms with E-state index in [2.05, 4.69) is 55.4 Å². The van der Waals surface area contributed by atoms with Gasteiger partial charge in [-0.25, -0.2) is 0 Å². The second-order valence-corrected chi connectivity index (χ2v) is 11.6. The van der Waals surface area contributed by atoms with Gasteiger partial charge in [-0.3, -0.25) is 0 Å². The molecule has 0 bridgehead atoms. The minimum atomic E-state index is -0.362. The zero-order valence-corrected chi connectivity index (χ0v) is 14.5. The molecule has 0 atom stereocenters. The van der Waals surface area contributed by atoms with Crippen LogP contribution in [-0.4, -0.2) is 29.4 Å². The number of hydrogen-bond acceptors (Lipinski definition) is 2. The molecule has 0 aromatic heterocycles. The molecule has 104 valence electrons. The molecular formula is C13H30O2P2. The highest BCUT2D eigenvalue weighted by molar-refractivity contribution is 7.54. The van der Waals surface area contributed by atoms with Crippen LogP contribution in [0.15, 0.2) is 0 Å². The van der Waals surface area contributed by atoms with E-state index in [4.69, 9.17) is 9.05 Å². The Morgan fingerprint density at radius 1 is 0.588 bits per heavy atom. The smallest absolute Gasteiger partial charge is 0.154 e. The lowest BCUT2D eigenvalue weighted by Gasteiger charge is -2.28. The van der Waals surface area contributed by atoms with Crippen LogP contribution in [0.5, 0.6) is 0 Å². The molecule has 0 aromatic rings. The van der Waals surface area contributed by atoms with Gasteiger partial charge < -0.3 is 9.05 Å². The van der Waals surface area contributed by atoms with Gasteiger partial charge >= 0.3 is 0 Å². The molecule has 0 radical (unpaired) electrons. The summed E-state index contributed by atoms with van der Waals surface area (Å²) in [5.41, 5.74) is 2.44. The topological polar surface area (TPSA) is 18.5 Å². The highest BCUT2D eigenvalue weighted by Crippen LogP contribution is 2.50. The third-order valence-electron chi connectivity index (χ3n) is 2.44. The summed E-state index contributed by atoms with van der Waals surface area (Å²) in [6.07, 6.45) is 0. The highest BCUT2D eigenvalue weighted by Gasteiger charge is 2.21. The fraction of sp³-hybridized carbons (Fsp3) is 1.00. The molecule has 0 heterocycles. The SMILES string of the molecule is CC(C)P(OCOP(C(C)C)C(C)C)C(C)C. The molecule has 0 N–H and O–H groups in total. The third kappa shape index (κ3) is 7.06. The summed E-state index contributed by atoms with van der Waals surface area (Å²) in [7, 11) is -0.725. The molecule has 0 aliphatic heterocycles. The Hall–Kier alpha value is 0.780. The molecule has 0 amide bonds. The minimum absolute atomic E-state index is 0.362. The molecule has 0 aliphatic rings. The van der Waals surface area contributed by atoms with Gasteiger partial charge in [0.2, 0.25) is 0 Å². The predicted molar refractivity (Wildman–Crippen MR) is 81.4 cm³/mol. The van der Waals surface area contributed by atoms with Crippen LogP contribution in [0.1, 0.15) is 55.4 Å². The van der Waals surface area contributed by atoms with Crippen molar-refractivity contribution < 1.29 is 9.05 Å². The fourth-order valence-electron chi connectivity index (χ4n) is 1.93. The molecule has 0 fully saturated rings. The van der Waals surface area contributed by atoms with E-state index in [9.17, 15) is 0 Å². The van der Waals surface area contributed by atoms with Gasteiger partial charge in [-0.05, 0) is 22.6 Å². The summed E-state index contributed by atoms with van der Waals surface area (Å²) in [6.45, 7) is 18.4. The van der Waals surface area contributed by atoms with Gasteiger partial charge in [-0.1, -0.05) is 55.4 Å². The lowest BCUT2D eigenvalue weighted by Crippen LogP contribution is -2.11. The molecule has 0 unspecified atom stereocenters. The molecule has 0 spiro atoms. The van der Waals surface area contributed by atoms with Crippen LogP contribution < -0.4 is 0 Å². The van der Waals surface area contributed by atoms with Crippen LogP contribution in [-0.2, 0) is 9.05 Å². The van der Waals surface area contributed by atoms with Crippen molar-refractivity contribution in [1.29, 1.82) is 0 Å².